The Morgan fingerprint density at radius 2 is 1.88 bits per heavy atom. The topological polar surface area (TPSA) is 90.7 Å². The predicted molar refractivity (Wildman–Crippen MR) is 96.6 cm³/mol. The van der Waals surface area contributed by atoms with Crippen LogP contribution in [0.5, 0.6) is 11.5 Å². The number of amides is 1. The molecular formula is C17H18N2O5S. The molecule has 0 saturated carbocycles. The Bertz CT molecular complexity index is 781. The summed E-state index contributed by atoms with van der Waals surface area (Å²) in [6.07, 6.45) is 0. The molecule has 0 spiro atoms. The number of nitrogens with one attached hydrogen (secondary N) is 1. The molecule has 0 bridgehead atoms. The van der Waals surface area contributed by atoms with Crippen LogP contribution in [-0.2, 0) is 4.79 Å². The minimum atomic E-state index is -0.503. The molecule has 1 atom stereocenters. The van der Waals surface area contributed by atoms with Gasteiger partial charge in [0.2, 0.25) is 5.91 Å². The molecule has 1 N–H and O–H groups in total. The standard InChI is InChI=1S/C17H18N2O5S/c1-11(25-14-7-8-15(23-2)16(10-14)24-3)17(20)18-12-5-4-6-13(9-12)19(21)22/h4-11H,1-3H3,(H,18,20). The minimum absolute atomic E-state index is 0.0713. The zero-order valence-electron chi connectivity index (χ0n) is 14.0. The van der Waals surface area contributed by atoms with Crippen molar-refractivity contribution in [3.05, 3.63) is 52.6 Å². The molecule has 0 aliphatic rings. The minimum Gasteiger partial charge on any atom is -0.493 e. The average Bonchev–Trinajstić information content (AvgIpc) is 2.61. The summed E-state index contributed by atoms with van der Waals surface area (Å²) in [7, 11) is 3.10. The SMILES string of the molecule is COc1ccc(SC(C)C(=O)Nc2cccc([N+](=O)[O-])c2)cc1OC. The van der Waals surface area contributed by atoms with Gasteiger partial charge in [-0.1, -0.05) is 6.07 Å². The van der Waals surface area contributed by atoms with Gasteiger partial charge >= 0.3 is 0 Å². The van der Waals surface area contributed by atoms with E-state index >= 15 is 0 Å². The summed E-state index contributed by atoms with van der Waals surface area (Å²) in [4.78, 5) is 23.5. The van der Waals surface area contributed by atoms with E-state index in [-0.39, 0.29) is 11.6 Å². The number of thioether (sulfide) groups is 1. The van der Waals surface area contributed by atoms with Crippen molar-refractivity contribution in [2.45, 2.75) is 17.1 Å². The first-order valence-electron chi connectivity index (χ1n) is 7.38. The van der Waals surface area contributed by atoms with E-state index in [0.717, 1.165) is 4.90 Å². The van der Waals surface area contributed by atoms with Gasteiger partial charge in [0, 0.05) is 22.7 Å². The number of rotatable bonds is 7. The number of hydrogen-bond donors (Lipinski definition) is 1. The lowest BCUT2D eigenvalue weighted by Gasteiger charge is -2.14. The van der Waals surface area contributed by atoms with Gasteiger partial charge in [0.25, 0.3) is 5.69 Å². The summed E-state index contributed by atoms with van der Waals surface area (Å²) in [5.41, 5.74) is 0.317. The lowest BCUT2D eigenvalue weighted by molar-refractivity contribution is -0.384. The summed E-state index contributed by atoms with van der Waals surface area (Å²) in [6.45, 7) is 1.76. The number of anilines is 1. The van der Waals surface area contributed by atoms with E-state index in [1.165, 1.54) is 30.0 Å². The normalized spacial score (nSPS) is 11.5. The number of non-ortho nitro benzene ring substituents is 1. The van der Waals surface area contributed by atoms with Crippen LogP contribution >= 0.6 is 11.8 Å². The Labute approximate surface area is 149 Å². The van der Waals surface area contributed by atoms with Crippen molar-refractivity contribution in [3.8, 4) is 11.5 Å². The maximum atomic E-state index is 12.3. The third-order valence-corrected chi connectivity index (χ3v) is 4.46. The second kappa shape index (κ2) is 8.39. The number of ether oxygens (including phenoxy) is 2. The van der Waals surface area contributed by atoms with Crippen LogP contribution in [-0.4, -0.2) is 30.3 Å². The molecule has 0 saturated heterocycles. The fraction of sp³-hybridized carbons (Fsp3) is 0.235. The Morgan fingerprint density at radius 1 is 1.16 bits per heavy atom. The lowest BCUT2D eigenvalue weighted by Crippen LogP contribution is -2.22. The summed E-state index contributed by atoms with van der Waals surface area (Å²) in [5.74, 6) is 0.944. The van der Waals surface area contributed by atoms with Crippen LogP contribution in [0.25, 0.3) is 0 Å². The van der Waals surface area contributed by atoms with Gasteiger partial charge in [0.05, 0.1) is 24.4 Å². The van der Waals surface area contributed by atoms with Crippen molar-refractivity contribution >= 4 is 29.0 Å². The smallest absolute Gasteiger partial charge is 0.271 e. The van der Waals surface area contributed by atoms with Gasteiger partial charge in [-0.2, -0.15) is 0 Å². The highest BCUT2D eigenvalue weighted by atomic mass is 32.2. The van der Waals surface area contributed by atoms with Crippen molar-refractivity contribution < 1.29 is 19.2 Å². The van der Waals surface area contributed by atoms with E-state index in [1.807, 2.05) is 6.07 Å². The fourth-order valence-corrected chi connectivity index (χ4v) is 2.98. The van der Waals surface area contributed by atoms with Crippen LogP contribution in [0.3, 0.4) is 0 Å². The third kappa shape index (κ3) is 4.87. The first-order chi connectivity index (χ1) is 11.9. The number of nitro benzene ring substituents is 1. The van der Waals surface area contributed by atoms with Crippen LogP contribution in [0.1, 0.15) is 6.92 Å². The Balaban J connectivity index is 2.05. The largest absolute Gasteiger partial charge is 0.493 e. The number of carbonyl (C=O) groups excluding carboxylic acids is 1. The molecule has 7 nitrogen and oxygen atoms in total. The van der Waals surface area contributed by atoms with Crippen molar-refractivity contribution in [1.82, 2.24) is 0 Å². The summed E-state index contributed by atoms with van der Waals surface area (Å²) < 4.78 is 10.4. The number of nitrogens with zero attached hydrogens (tertiary/aromatic N) is 1. The van der Waals surface area contributed by atoms with Crippen LogP contribution in [0.4, 0.5) is 11.4 Å². The summed E-state index contributed by atoms with van der Waals surface area (Å²) in [5, 5.41) is 13.1. The quantitative estimate of drug-likeness (QED) is 0.458. The van der Waals surface area contributed by atoms with E-state index in [9.17, 15) is 14.9 Å². The zero-order valence-corrected chi connectivity index (χ0v) is 14.8. The highest BCUT2D eigenvalue weighted by molar-refractivity contribution is 8.00. The number of benzene rings is 2. The predicted octanol–water partition coefficient (Wildman–Crippen LogP) is 3.73. The highest BCUT2D eigenvalue weighted by Gasteiger charge is 2.17. The monoisotopic (exact) mass is 362 g/mol. The molecule has 0 aliphatic heterocycles. The number of methoxy groups -OCH3 is 2. The van der Waals surface area contributed by atoms with Gasteiger partial charge in [0.1, 0.15) is 0 Å². The molecule has 8 heteroatoms. The van der Waals surface area contributed by atoms with Crippen molar-refractivity contribution in [3.63, 3.8) is 0 Å². The van der Waals surface area contributed by atoms with Crippen LogP contribution < -0.4 is 14.8 Å². The van der Waals surface area contributed by atoms with Gasteiger partial charge in [0.15, 0.2) is 11.5 Å². The number of nitro groups is 1. The molecule has 2 rings (SSSR count). The van der Waals surface area contributed by atoms with E-state index in [0.29, 0.717) is 17.2 Å². The summed E-state index contributed by atoms with van der Waals surface area (Å²) in [6, 6.07) is 11.2. The number of carbonyl (C=O) groups is 1. The molecule has 1 unspecified atom stereocenters. The van der Waals surface area contributed by atoms with Crippen molar-refractivity contribution in [2.75, 3.05) is 19.5 Å². The molecule has 0 aromatic heterocycles. The van der Waals surface area contributed by atoms with Crippen molar-refractivity contribution in [2.24, 2.45) is 0 Å². The second-order valence-electron chi connectivity index (χ2n) is 5.07. The maximum Gasteiger partial charge on any atom is 0.271 e. The first-order valence-corrected chi connectivity index (χ1v) is 8.26. The molecule has 132 valence electrons. The van der Waals surface area contributed by atoms with E-state index in [1.54, 1.807) is 39.3 Å². The van der Waals surface area contributed by atoms with Gasteiger partial charge < -0.3 is 14.8 Å². The van der Waals surface area contributed by atoms with E-state index < -0.39 is 10.2 Å². The Hall–Kier alpha value is -2.74. The van der Waals surface area contributed by atoms with Gasteiger partial charge in [-0.15, -0.1) is 11.8 Å². The second-order valence-corrected chi connectivity index (χ2v) is 6.49. The van der Waals surface area contributed by atoms with Gasteiger partial charge in [-0.05, 0) is 31.2 Å². The molecule has 2 aromatic rings. The van der Waals surface area contributed by atoms with E-state index in [2.05, 4.69) is 5.32 Å². The van der Waals surface area contributed by atoms with Crippen molar-refractivity contribution in [1.29, 1.82) is 0 Å². The lowest BCUT2D eigenvalue weighted by atomic mass is 10.2. The third-order valence-electron chi connectivity index (χ3n) is 3.36. The maximum absolute atomic E-state index is 12.3. The zero-order chi connectivity index (χ0) is 18.4. The molecule has 0 heterocycles. The van der Waals surface area contributed by atoms with E-state index in [4.69, 9.17) is 9.47 Å². The molecular weight excluding hydrogens is 344 g/mol. The average molecular weight is 362 g/mol. The molecule has 1 amide bonds. The fourth-order valence-electron chi connectivity index (χ4n) is 2.09. The van der Waals surface area contributed by atoms with Gasteiger partial charge in [-0.25, -0.2) is 0 Å². The highest BCUT2D eigenvalue weighted by Crippen LogP contribution is 2.33. The van der Waals surface area contributed by atoms with Crippen LogP contribution in [0.2, 0.25) is 0 Å². The van der Waals surface area contributed by atoms with Gasteiger partial charge in [-0.3, -0.25) is 14.9 Å². The molecule has 0 aliphatic carbocycles. The summed E-state index contributed by atoms with van der Waals surface area (Å²) >= 11 is 1.35. The molecule has 25 heavy (non-hydrogen) atoms. The van der Waals surface area contributed by atoms with Crippen LogP contribution in [0, 0.1) is 10.1 Å². The first kappa shape index (κ1) is 18.6. The number of hydrogen-bond acceptors (Lipinski definition) is 6. The molecule has 2 aromatic carbocycles. The molecule has 0 radical (unpaired) electrons. The van der Waals surface area contributed by atoms with Crippen LogP contribution in [0.15, 0.2) is 47.4 Å². The Morgan fingerprint density at radius 3 is 2.52 bits per heavy atom. The Kier molecular flexibility index (Phi) is 6.24. The molecule has 0 fully saturated rings.